The molecule has 31 heavy (non-hydrogen) atoms. The summed E-state index contributed by atoms with van der Waals surface area (Å²) >= 11 is 0. The van der Waals surface area contributed by atoms with Crippen molar-refractivity contribution in [2.75, 3.05) is 22.9 Å². The molecule has 1 N–H and O–H groups in total. The van der Waals surface area contributed by atoms with Crippen molar-refractivity contribution in [3.05, 3.63) is 53.6 Å². The van der Waals surface area contributed by atoms with E-state index in [4.69, 9.17) is 4.74 Å². The van der Waals surface area contributed by atoms with Crippen LogP contribution in [0.5, 0.6) is 0 Å². The van der Waals surface area contributed by atoms with E-state index < -0.39 is 18.0 Å². The Labute approximate surface area is 183 Å². The molecule has 8 heteroatoms. The van der Waals surface area contributed by atoms with Gasteiger partial charge in [0.25, 0.3) is 0 Å². The van der Waals surface area contributed by atoms with Crippen LogP contribution in [0.4, 0.5) is 20.6 Å². The number of benzene rings is 1. The van der Waals surface area contributed by atoms with Crippen LogP contribution in [0.2, 0.25) is 0 Å². The van der Waals surface area contributed by atoms with Crippen LogP contribution < -0.4 is 15.1 Å². The van der Waals surface area contributed by atoms with Gasteiger partial charge in [0.2, 0.25) is 5.91 Å². The highest BCUT2D eigenvalue weighted by Gasteiger charge is 2.33. The van der Waals surface area contributed by atoms with Crippen LogP contribution in [0.15, 0.2) is 36.5 Å². The van der Waals surface area contributed by atoms with E-state index in [-0.39, 0.29) is 26.4 Å². The van der Waals surface area contributed by atoms with Gasteiger partial charge in [0.1, 0.15) is 11.9 Å². The number of cyclic esters (lactones) is 1. The molecule has 1 aromatic heterocycles. The third kappa shape index (κ3) is 5.31. The van der Waals surface area contributed by atoms with Gasteiger partial charge < -0.3 is 15.0 Å². The van der Waals surface area contributed by atoms with E-state index in [2.05, 4.69) is 10.3 Å². The van der Waals surface area contributed by atoms with Crippen LogP contribution in [0, 0.1) is 5.82 Å². The summed E-state index contributed by atoms with van der Waals surface area (Å²) in [5, 5.41) is 2.70. The number of carbonyl (C=O) groups is 2. The van der Waals surface area contributed by atoms with E-state index in [0.29, 0.717) is 30.9 Å². The zero-order chi connectivity index (χ0) is 21.7. The Hall–Kier alpha value is -3.16. The number of aromatic nitrogens is 1. The zero-order valence-electron chi connectivity index (χ0n) is 17.5. The van der Waals surface area contributed by atoms with E-state index in [1.54, 1.807) is 25.3 Å². The molecular weight excluding hydrogens is 399 g/mol. The molecule has 1 unspecified atom stereocenters. The quantitative estimate of drug-likeness (QED) is 0.767. The van der Waals surface area contributed by atoms with Gasteiger partial charge in [-0.25, -0.2) is 9.18 Å². The van der Waals surface area contributed by atoms with E-state index >= 15 is 0 Å². The molecule has 0 aliphatic carbocycles. The zero-order valence-corrected chi connectivity index (χ0v) is 17.5. The van der Waals surface area contributed by atoms with Crippen molar-refractivity contribution < 1.29 is 18.7 Å². The SMILES string of the molecule is C.CC.CCC(=O)NCC1CN(c2ccc(N3Cc4cccnc4C3)c(F)c2)C(=O)O1. The number of anilines is 2. The van der Waals surface area contributed by atoms with Crippen LogP contribution in [0.25, 0.3) is 0 Å². The topological polar surface area (TPSA) is 74.8 Å². The monoisotopic (exact) mass is 430 g/mol. The number of nitrogens with zero attached hydrogens (tertiary/aromatic N) is 3. The van der Waals surface area contributed by atoms with Gasteiger partial charge in [-0.2, -0.15) is 0 Å². The molecule has 0 spiro atoms. The van der Waals surface area contributed by atoms with E-state index in [1.165, 1.54) is 11.0 Å². The minimum atomic E-state index is -0.541. The summed E-state index contributed by atoms with van der Waals surface area (Å²) in [7, 11) is 0. The van der Waals surface area contributed by atoms with E-state index in [0.717, 1.165) is 11.3 Å². The lowest BCUT2D eigenvalue weighted by atomic mass is 10.2. The van der Waals surface area contributed by atoms with Gasteiger partial charge in [0, 0.05) is 19.2 Å². The third-order valence-electron chi connectivity index (χ3n) is 4.99. The van der Waals surface area contributed by atoms with E-state index in [1.807, 2.05) is 30.9 Å². The summed E-state index contributed by atoms with van der Waals surface area (Å²) in [6.45, 7) is 7.42. The summed E-state index contributed by atoms with van der Waals surface area (Å²) in [4.78, 5) is 31.2. The standard InChI is InChI=1S/C20H21FN4O3.C2H6.CH4/c1-2-19(26)23-9-15-11-25(20(27)28-15)14-5-6-18(16(21)8-14)24-10-13-4-3-7-22-17(13)12-24;1-2;/h3-8,15H,2,9-12H2,1H3,(H,23,26);1-2H3;1H4. The highest BCUT2D eigenvalue weighted by Crippen LogP contribution is 2.32. The van der Waals surface area contributed by atoms with Crippen molar-refractivity contribution in [1.29, 1.82) is 0 Å². The number of amides is 2. The highest BCUT2D eigenvalue weighted by atomic mass is 19.1. The summed E-state index contributed by atoms with van der Waals surface area (Å²) < 4.78 is 20.1. The first-order valence-electron chi connectivity index (χ1n) is 10.3. The fourth-order valence-corrected chi connectivity index (χ4v) is 3.48. The molecule has 1 saturated heterocycles. The number of halogens is 1. The lowest BCUT2D eigenvalue weighted by Crippen LogP contribution is -2.34. The summed E-state index contributed by atoms with van der Waals surface area (Å²) in [6, 6.07) is 8.60. The highest BCUT2D eigenvalue weighted by molar-refractivity contribution is 5.90. The Morgan fingerprint density at radius 1 is 1.29 bits per heavy atom. The van der Waals surface area contributed by atoms with Gasteiger partial charge in [-0.15, -0.1) is 0 Å². The van der Waals surface area contributed by atoms with Gasteiger partial charge in [-0.1, -0.05) is 34.3 Å². The Bertz CT molecular complexity index is 896. The second-order valence-corrected chi connectivity index (χ2v) is 6.87. The summed E-state index contributed by atoms with van der Waals surface area (Å²) in [5.41, 5.74) is 2.95. The molecule has 2 aromatic rings. The van der Waals surface area contributed by atoms with Crippen molar-refractivity contribution in [2.45, 2.75) is 53.8 Å². The lowest BCUT2D eigenvalue weighted by Gasteiger charge is -2.20. The predicted molar refractivity (Wildman–Crippen MR) is 120 cm³/mol. The van der Waals surface area contributed by atoms with Gasteiger partial charge in [-0.3, -0.25) is 14.7 Å². The Kier molecular flexibility index (Phi) is 8.36. The second kappa shape index (κ2) is 10.7. The van der Waals surface area contributed by atoms with Crippen molar-refractivity contribution >= 4 is 23.4 Å². The van der Waals surface area contributed by atoms with Crippen LogP contribution in [0.3, 0.4) is 0 Å². The molecule has 0 radical (unpaired) electrons. The third-order valence-corrected chi connectivity index (χ3v) is 4.99. The van der Waals surface area contributed by atoms with Gasteiger partial charge >= 0.3 is 6.09 Å². The summed E-state index contributed by atoms with van der Waals surface area (Å²) in [5.74, 6) is -0.508. The fraction of sp³-hybridized carbons (Fsp3) is 0.435. The smallest absolute Gasteiger partial charge is 0.414 e. The molecule has 1 aromatic carbocycles. The van der Waals surface area contributed by atoms with Crippen LogP contribution >= 0.6 is 0 Å². The first-order chi connectivity index (χ1) is 14.5. The normalized spacial score (nSPS) is 16.6. The molecular formula is C23H31FN4O3. The minimum absolute atomic E-state index is 0. The molecule has 3 heterocycles. The molecule has 2 amide bonds. The number of fused-ring (bicyclic) bond motifs is 1. The van der Waals surface area contributed by atoms with E-state index in [9.17, 15) is 14.0 Å². The molecule has 168 valence electrons. The number of pyridine rings is 1. The molecule has 0 saturated carbocycles. The number of carbonyl (C=O) groups excluding carboxylic acids is 2. The number of ether oxygens (including phenoxy) is 1. The Morgan fingerprint density at radius 2 is 2.06 bits per heavy atom. The number of rotatable bonds is 5. The molecule has 2 aliphatic rings. The van der Waals surface area contributed by atoms with Crippen molar-refractivity contribution in [3.63, 3.8) is 0 Å². The first kappa shape index (κ1) is 24.1. The first-order valence-corrected chi connectivity index (χ1v) is 10.3. The lowest BCUT2D eigenvalue weighted by molar-refractivity contribution is -0.121. The maximum atomic E-state index is 14.8. The van der Waals surface area contributed by atoms with Crippen LogP contribution in [0.1, 0.15) is 45.9 Å². The predicted octanol–water partition coefficient (Wildman–Crippen LogP) is 4.25. The van der Waals surface area contributed by atoms with Gasteiger partial charge in [0.05, 0.1) is 36.7 Å². The summed E-state index contributed by atoms with van der Waals surface area (Å²) in [6.07, 6.45) is 1.11. The molecule has 4 rings (SSSR count). The number of hydrogen-bond donors (Lipinski definition) is 1. The van der Waals surface area contributed by atoms with Gasteiger partial charge in [0.15, 0.2) is 0 Å². The Morgan fingerprint density at radius 3 is 2.74 bits per heavy atom. The van der Waals surface area contributed by atoms with Crippen LogP contribution in [-0.2, 0) is 22.6 Å². The maximum Gasteiger partial charge on any atom is 0.414 e. The number of nitrogens with one attached hydrogen (secondary N) is 1. The Balaban J connectivity index is 0.00000111. The van der Waals surface area contributed by atoms with Crippen molar-refractivity contribution in [3.8, 4) is 0 Å². The number of hydrogen-bond acceptors (Lipinski definition) is 5. The van der Waals surface area contributed by atoms with Crippen molar-refractivity contribution in [1.82, 2.24) is 10.3 Å². The van der Waals surface area contributed by atoms with Crippen molar-refractivity contribution in [2.24, 2.45) is 0 Å². The largest absolute Gasteiger partial charge is 0.442 e. The van der Waals surface area contributed by atoms with Crippen LogP contribution in [-0.4, -0.2) is 36.2 Å². The van der Waals surface area contributed by atoms with Gasteiger partial charge in [-0.05, 0) is 29.8 Å². The average Bonchev–Trinajstić information content (AvgIpc) is 3.36. The average molecular weight is 431 g/mol. The molecule has 0 bridgehead atoms. The fourth-order valence-electron chi connectivity index (χ4n) is 3.48. The maximum absolute atomic E-state index is 14.8. The minimum Gasteiger partial charge on any atom is -0.442 e. The molecule has 2 aliphatic heterocycles. The second-order valence-electron chi connectivity index (χ2n) is 6.87. The molecule has 7 nitrogen and oxygen atoms in total. The molecule has 1 fully saturated rings. The molecule has 1 atom stereocenters.